The maximum absolute atomic E-state index is 12.0. The van der Waals surface area contributed by atoms with Crippen LogP contribution in [0.3, 0.4) is 0 Å². The summed E-state index contributed by atoms with van der Waals surface area (Å²) >= 11 is 0. The van der Waals surface area contributed by atoms with Crippen molar-refractivity contribution < 1.29 is 9.90 Å². The van der Waals surface area contributed by atoms with Crippen LogP contribution in [0.25, 0.3) is 0 Å². The van der Waals surface area contributed by atoms with E-state index in [4.69, 9.17) is 0 Å². The van der Waals surface area contributed by atoms with Crippen LogP contribution in [0.4, 0.5) is 0 Å². The monoisotopic (exact) mass is 221 g/mol. The molecule has 2 rings (SSSR count). The van der Waals surface area contributed by atoms with Crippen LogP contribution in [0.1, 0.15) is 35.4 Å². The standard InChI is InChI=1S/C11H15N3O2/c1-8-10(15)9(13-7-12-8)11(16)14-5-3-2-4-6-14/h7,15H,2-6H2,1H3. The van der Waals surface area contributed by atoms with Crippen molar-refractivity contribution in [2.45, 2.75) is 26.2 Å². The first-order chi connectivity index (χ1) is 7.70. The number of carbonyl (C=O) groups excluding carboxylic acids is 1. The molecule has 0 bridgehead atoms. The van der Waals surface area contributed by atoms with Gasteiger partial charge in [0.1, 0.15) is 6.33 Å². The number of piperidine rings is 1. The minimum Gasteiger partial charge on any atom is -0.504 e. The molecule has 1 aromatic rings. The quantitative estimate of drug-likeness (QED) is 0.771. The van der Waals surface area contributed by atoms with E-state index in [0.717, 1.165) is 25.9 Å². The Hall–Kier alpha value is -1.65. The molecule has 1 aliphatic rings. The van der Waals surface area contributed by atoms with Crippen LogP contribution in [-0.2, 0) is 0 Å². The van der Waals surface area contributed by atoms with E-state index in [0.29, 0.717) is 5.69 Å². The maximum atomic E-state index is 12.0. The van der Waals surface area contributed by atoms with Crippen LogP contribution in [0, 0.1) is 6.92 Å². The Bertz CT molecular complexity index is 400. The first kappa shape index (κ1) is 10.9. The van der Waals surface area contributed by atoms with E-state index in [1.165, 1.54) is 12.7 Å². The predicted molar refractivity (Wildman–Crippen MR) is 58.2 cm³/mol. The van der Waals surface area contributed by atoms with E-state index in [2.05, 4.69) is 9.97 Å². The number of amides is 1. The van der Waals surface area contributed by atoms with Gasteiger partial charge in [-0.2, -0.15) is 0 Å². The second-order valence-corrected chi connectivity index (χ2v) is 4.01. The topological polar surface area (TPSA) is 66.3 Å². The third-order valence-electron chi connectivity index (χ3n) is 2.85. The lowest BCUT2D eigenvalue weighted by Gasteiger charge is -2.26. The molecule has 5 nitrogen and oxygen atoms in total. The average Bonchev–Trinajstić information content (AvgIpc) is 2.33. The molecule has 0 spiro atoms. The molecule has 16 heavy (non-hydrogen) atoms. The number of aromatic hydroxyl groups is 1. The van der Waals surface area contributed by atoms with Gasteiger partial charge in [0.15, 0.2) is 11.4 Å². The number of hydrogen-bond donors (Lipinski definition) is 1. The number of aromatic nitrogens is 2. The lowest BCUT2D eigenvalue weighted by atomic mass is 10.1. The van der Waals surface area contributed by atoms with E-state index in [1.54, 1.807) is 11.8 Å². The van der Waals surface area contributed by atoms with Crippen LogP contribution in [0.5, 0.6) is 5.75 Å². The third-order valence-corrected chi connectivity index (χ3v) is 2.85. The fourth-order valence-electron chi connectivity index (χ4n) is 1.87. The summed E-state index contributed by atoms with van der Waals surface area (Å²) in [6, 6.07) is 0. The highest BCUT2D eigenvalue weighted by atomic mass is 16.3. The van der Waals surface area contributed by atoms with Crippen molar-refractivity contribution >= 4 is 5.91 Å². The Labute approximate surface area is 94.1 Å². The van der Waals surface area contributed by atoms with Crippen LogP contribution in [0.15, 0.2) is 6.33 Å². The molecule has 0 atom stereocenters. The van der Waals surface area contributed by atoms with E-state index in [1.807, 2.05) is 0 Å². The van der Waals surface area contributed by atoms with Crippen molar-refractivity contribution in [3.8, 4) is 5.75 Å². The van der Waals surface area contributed by atoms with Crippen molar-refractivity contribution in [3.05, 3.63) is 17.7 Å². The minimum atomic E-state index is -0.192. The second kappa shape index (κ2) is 4.47. The van der Waals surface area contributed by atoms with Gasteiger partial charge in [-0.05, 0) is 26.2 Å². The van der Waals surface area contributed by atoms with Gasteiger partial charge >= 0.3 is 0 Å². The summed E-state index contributed by atoms with van der Waals surface area (Å²) in [5, 5.41) is 9.73. The lowest BCUT2D eigenvalue weighted by molar-refractivity contribution is 0.0714. The Morgan fingerprint density at radius 3 is 2.69 bits per heavy atom. The van der Waals surface area contributed by atoms with E-state index in [-0.39, 0.29) is 17.4 Å². The molecule has 86 valence electrons. The molecule has 1 amide bonds. The molecule has 2 heterocycles. The van der Waals surface area contributed by atoms with Crippen molar-refractivity contribution in [3.63, 3.8) is 0 Å². The molecule has 0 aliphatic carbocycles. The van der Waals surface area contributed by atoms with Gasteiger partial charge in [0.2, 0.25) is 0 Å². The van der Waals surface area contributed by atoms with Crippen molar-refractivity contribution in [2.24, 2.45) is 0 Å². The number of rotatable bonds is 1. The van der Waals surface area contributed by atoms with Gasteiger partial charge in [-0.3, -0.25) is 4.79 Å². The average molecular weight is 221 g/mol. The van der Waals surface area contributed by atoms with Crippen LogP contribution < -0.4 is 0 Å². The molecule has 0 unspecified atom stereocenters. The molecule has 0 aromatic carbocycles. The summed E-state index contributed by atoms with van der Waals surface area (Å²) in [7, 11) is 0. The van der Waals surface area contributed by atoms with Gasteiger partial charge in [0, 0.05) is 13.1 Å². The molecule has 0 saturated carbocycles. The van der Waals surface area contributed by atoms with Gasteiger partial charge < -0.3 is 10.0 Å². The summed E-state index contributed by atoms with van der Waals surface area (Å²) in [4.78, 5) is 21.5. The highest BCUT2D eigenvalue weighted by Gasteiger charge is 2.22. The minimum absolute atomic E-state index is 0.0990. The van der Waals surface area contributed by atoms with Crippen LogP contribution in [-0.4, -0.2) is 39.0 Å². The highest BCUT2D eigenvalue weighted by Crippen LogP contribution is 2.20. The van der Waals surface area contributed by atoms with Gasteiger partial charge in [-0.1, -0.05) is 0 Å². The second-order valence-electron chi connectivity index (χ2n) is 4.01. The summed E-state index contributed by atoms with van der Waals surface area (Å²) in [5.41, 5.74) is 0.560. The Kier molecular flexibility index (Phi) is 3.03. The van der Waals surface area contributed by atoms with Gasteiger partial charge in [0.25, 0.3) is 5.91 Å². The molecule has 1 N–H and O–H groups in total. The van der Waals surface area contributed by atoms with E-state index in [9.17, 15) is 9.90 Å². The fraction of sp³-hybridized carbons (Fsp3) is 0.545. The van der Waals surface area contributed by atoms with Crippen molar-refractivity contribution in [1.29, 1.82) is 0 Å². The number of likely N-dealkylation sites (tertiary alicyclic amines) is 1. The lowest BCUT2D eigenvalue weighted by Crippen LogP contribution is -2.36. The summed E-state index contributed by atoms with van der Waals surface area (Å²) in [5.74, 6) is -0.291. The van der Waals surface area contributed by atoms with Gasteiger partial charge in [-0.15, -0.1) is 0 Å². The number of aryl methyl sites for hydroxylation is 1. The molecule has 1 fully saturated rings. The van der Waals surface area contributed by atoms with Crippen LogP contribution >= 0.6 is 0 Å². The molecule has 1 aliphatic heterocycles. The normalized spacial score (nSPS) is 16.2. The van der Waals surface area contributed by atoms with E-state index >= 15 is 0 Å². The first-order valence-corrected chi connectivity index (χ1v) is 5.50. The largest absolute Gasteiger partial charge is 0.504 e. The Morgan fingerprint density at radius 2 is 2.00 bits per heavy atom. The molecule has 0 radical (unpaired) electrons. The molecule has 1 aromatic heterocycles. The molecular weight excluding hydrogens is 206 g/mol. The number of hydrogen-bond acceptors (Lipinski definition) is 4. The van der Waals surface area contributed by atoms with Crippen LogP contribution in [0.2, 0.25) is 0 Å². The summed E-state index contributed by atoms with van der Waals surface area (Å²) < 4.78 is 0. The summed E-state index contributed by atoms with van der Waals surface area (Å²) in [6.07, 6.45) is 4.53. The Morgan fingerprint density at radius 1 is 1.31 bits per heavy atom. The predicted octanol–water partition coefficient (Wildman–Crippen LogP) is 1.12. The van der Waals surface area contributed by atoms with E-state index < -0.39 is 0 Å². The molecule has 1 saturated heterocycles. The zero-order valence-corrected chi connectivity index (χ0v) is 9.31. The number of nitrogens with zero attached hydrogens (tertiary/aromatic N) is 3. The van der Waals surface area contributed by atoms with Gasteiger partial charge in [0.05, 0.1) is 5.69 Å². The van der Waals surface area contributed by atoms with Gasteiger partial charge in [-0.25, -0.2) is 9.97 Å². The zero-order chi connectivity index (χ0) is 11.5. The SMILES string of the molecule is Cc1ncnc(C(=O)N2CCCCC2)c1O. The summed E-state index contributed by atoms with van der Waals surface area (Å²) in [6.45, 7) is 3.16. The van der Waals surface area contributed by atoms with Crippen molar-refractivity contribution in [2.75, 3.05) is 13.1 Å². The number of carbonyl (C=O) groups is 1. The Balaban J connectivity index is 2.22. The zero-order valence-electron chi connectivity index (χ0n) is 9.31. The maximum Gasteiger partial charge on any atom is 0.276 e. The smallest absolute Gasteiger partial charge is 0.276 e. The fourth-order valence-corrected chi connectivity index (χ4v) is 1.87. The molecule has 5 heteroatoms. The van der Waals surface area contributed by atoms with Crippen molar-refractivity contribution in [1.82, 2.24) is 14.9 Å². The third kappa shape index (κ3) is 1.98. The first-order valence-electron chi connectivity index (χ1n) is 5.50. The highest BCUT2D eigenvalue weighted by molar-refractivity contribution is 5.95. The molecular formula is C11H15N3O2.